The zero-order valence-corrected chi connectivity index (χ0v) is 22.2. The molecule has 1 N–H and O–H groups in total. The summed E-state index contributed by atoms with van der Waals surface area (Å²) in [5.41, 5.74) is 1.46. The van der Waals surface area contributed by atoms with Gasteiger partial charge in [0.15, 0.2) is 16.7 Å². The number of nitrogens with zero attached hydrogens (tertiary/aromatic N) is 3. The second-order valence-electron chi connectivity index (χ2n) is 7.62. The average molecular weight is 632 g/mol. The predicted molar refractivity (Wildman–Crippen MR) is 148 cm³/mol. The standard InChI is InChI=1S/C24H17IN4O7S/c1-13-3-5-15(6-4-13)26-24-27-23(30)21(37-24)11-14-9-17(25)22(20(10-14)35-2)36-19-8-7-16(28(31)32)12-18(19)29(33)34/h3-12H,1-2H3,(H,26,27,30)/b21-11-. The minimum atomic E-state index is -0.758. The summed E-state index contributed by atoms with van der Waals surface area (Å²) in [4.78, 5) is 38.4. The molecule has 0 unspecified atom stereocenters. The Morgan fingerprint density at radius 3 is 2.41 bits per heavy atom. The molecule has 1 saturated heterocycles. The molecule has 1 aliphatic rings. The van der Waals surface area contributed by atoms with Crippen LogP contribution in [-0.2, 0) is 4.79 Å². The first-order valence-electron chi connectivity index (χ1n) is 10.5. The summed E-state index contributed by atoms with van der Waals surface area (Å²) >= 11 is 3.17. The molecule has 3 aromatic rings. The first kappa shape index (κ1) is 26.1. The summed E-state index contributed by atoms with van der Waals surface area (Å²) in [6, 6.07) is 14.0. The highest BCUT2D eigenvalue weighted by Crippen LogP contribution is 2.42. The quantitative estimate of drug-likeness (QED) is 0.142. The molecule has 0 spiro atoms. The maximum absolute atomic E-state index is 12.5. The normalized spacial score (nSPS) is 15.1. The van der Waals surface area contributed by atoms with Gasteiger partial charge in [0.1, 0.15) is 0 Å². The van der Waals surface area contributed by atoms with Crippen molar-refractivity contribution in [2.24, 2.45) is 4.99 Å². The van der Waals surface area contributed by atoms with Crippen molar-refractivity contribution in [3.8, 4) is 17.2 Å². The van der Waals surface area contributed by atoms with E-state index >= 15 is 0 Å². The van der Waals surface area contributed by atoms with Crippen molar-refractivity contribution in [2.75, 3.05) is 7.11 Å². The number of aliphatic imine (C=N–C) groups is 1. The fraction of sp³-hybridized carbons (Fsp3) is 0.0833. The third-order valence-corrected chi connectivity index (χ3v) is 6.74. The Labute approximate surface area is 228 Å². The van der Waals surface area contributed by atoms with E-state index in [0.29, 0.717) is 24.9 Å². The van der Waals surface area contributed by atoms with Gasteiger partial charge in [-0.15, -0.1) is 0 Å². The lowest BCUT2D eigenvalue weighted by Crippen LogP contribution is -2.19. The van der Waals surface area contributed by atoms with Crippen LogP contribution in [0.3, 0.4) is 0 Å². The van der Waals surface area contributed by atoms with Gasteiger partial charge in [0.25, 0.3) is 11.6 Å². The molecule has 11 nitrogen and oxygen atoms in total. The largest absolute Gasteiger partial charge is 0.493 e. The summed E-state index contributed by atoms with van der Waals surface area (Å²) in [5, 5.41) is 25.7. The smallest absolute Gasteiger partial charge is 0.318 e. The van der Waals surface area contributed by atoms with E-state index in [-0.39, 0.29) is 23.2 Å². The maximum atomic E-state index is 12.5. The van der Waals surface area contributed by atoms with Crippen molar-refractivity contribution in [3.63, 3.8) is 0 Å². The molecular weight excluding hydrogens is 615 g/mol. The van der Waals surface area contributed by atoms with E-state index in [0.717, 1.165) is 23.8 Å². The van der Waals surface area contributed by atoms with E-state index in [9.17, 15) is 25.0 Å². The van der Waals surface area contributed by atoms with Gasteiger partial charge in [0, 0.05) is 6.07 Å². The summed E-state index contributed by atoms with van der Waals surface area (Å²) in [6.45, 7) is 1.98. The lowest BCUT2D eigenvalue weighted by molar-refractivity contribution is -0.394. The number of rotatable bonds is 7. The number of nitro benzene ring substituents is 2. The number of thioether (sulfide) groups is 1. The Morgan fingerprint density at radius 1 is 1.03 bits per heavy atom. The molecular formula is C24H17IN4O7S. The Hall–Kier alpha value is -3.98. The second kappa shape index (κ2) is 11.0. The fourth-order valence-electron chi connectivity index (χ4n) is 3.25. The van der Waals surface area contributed by atoms with Gasteiger partial charge in [-0.3, -0.25) is 25.0 Å². The maximum Gasteiger partial charge on any atom is 0.318 e. The van der Waals surface area contributed by atoms with Crippen LogP contribution in [0.5, 0.6) is 17.2 Å². The van der Waals surface area contributed by atoms with E-state index in [1.165, 1.54) is 18.9 Å². The number of carbonyl (C=O) groups excluding carboxylic acids is 1. The number of halogens is 1. The van der Waals surface area contributed by atoms with Gasteiger partial charge in [-0.2, -0.15) is 0 Å². The first-order valence-corrected chi connectivity index (χ1v) is 12.4. The SMILES string of the molecule is COc1cc(/C=C2\SC(=Nc3ccc(C)cc3)NC2=O)cc(I)c1Oc1ccc([N+](=O)[O-])cc1[N+](=O)[O-]. The minimum absolute atomic E-state index is 0.180. The third kappa shape index (κ3) is 6.06. The van der Waals surface area contributed by atoms with Crippen LogP contribution in [-0.4, -0.2) is 28.0 Å². The highest BCUT2D eigenvalue weighted by atomic mass is 127. The van der Waals surface area contributed by atoms with Gasteiger partial charge in [0.05, 0.1) is 37.2 Å². The number of nitrogens with one attached hydrogen (secondary N) is 1. The third-order valence-electron chi connectivity index (χ3n) is 5.03. The van der Waals surface area contributed by atoms with Crippen LogP contribution in [0.15, 0.2) is 64.5 Å². The molecule has 13 heteroatoms. The van der Waals surface area contributed by atoms with Crippen LogP contribution in [0, 0.1) is 30.7 Å². The number of non-ortho nitro benzene ring substituents is 1. The molecule has 1 fully saturated rings. The highest BCUT2D eigenvalue weighted by Gasteiger charge is 2.26. The van der Waals surface area contributed by atoms with Crippen LogP contribution >= 0.6 is 34.4 Å². The van der Waals surface area contributed by atoms with Crippen LogP contribution in [0.25, 0.3) is 6.08 Å². The molecule has 37 heavy (non-hydrogen) atoms. The number of ether oxygens (including phenoxy) is 2. The average Bonchev–Trinajstić information content (AvgIpc) is 3.20. The molecule has 188 valence electrons. The number of hydrogen-bond acceptors (Lipinski definition) is 9. The lowest BCUT2D eigenvalue weighted by Gasteiger charge is -2.13. The van der Waals surface area contributed by atoms with Gasteiger partial charge in [0.2, 0.25) is 5.75 Å². The summed E-state index contributed by atoms with van der Waals surface area (Å²) < 4.78 is 11.7. The van der Waals surface area contributed by atoms with Crippen molar-refractivity contribution in [3.05, 3.63) is 94.4 Å². The van der Waals surface area contributed by atoms with E-state index < -0.39 is 21.2 Å². The van der Waals surface area contributed by atoms with Crippen LogP contribution < -0.4 is 14.8 Å². The van der Waals surface area contributed by atoms with E-state index in [2.05, 4.69) is 10.3 Å². The summed E-state index contributed by atoms with van der Waals surface area (Å²) in [5.74, 6) is -0.0389. The molecule has 4 rings (SSSR count). The fourth-order valence-corrected chi connectivity index (χ4v) is 4.83. The van der Waals surface area contributed by atoms with Gasteiger partial charge in [-0.1, -0.05) is 17.7 Å². The number of benzene rings is 3. The number of carbonyl (C=O) groups is 1. The predicted octanol–water partition coefficient (Wildman–Crippen LogP) is 6.11. The molecule has 0 aliphatic carbocycles. The van der Waals surface area contributed by atoms with Crippen LogP contribution in [0.4, 0.5) is 17.1 Å². The molecule has 0 atom stereocenters. The Morgan fingerprint density at radius 2 is 1.76 bits per heavy atom. The summed E-state index contributed by atoms with van der Waals surface area (Å²) in [6.07, 6.45) is 1.67. The minimum Gasteiger partial charge on any atom is -0.493 e. The molecule has 1 aliphatic heterocycles. The molecule has 0 radical (unpaired) electrons. The van der Waals surface area contributed by atoms with E-state index in [1.54, 1.807) is 18.2 Å². The Bertz CT molecular complexity index is 1490. The number of amidine groups is 1. The molecule has 1 amide bonds. The van der Waals surface area contributed by atoms with Crippen molar-refractivity contribution in [1.82, 2.24) is 5.32 Å². The van der Waals surface area contributed by atoms with E-state index in [1.807, 2.05) is 53.8 Å². The Kier molecular flexibility index (Phi) is 7.73. The zero-order chi connectivity index (χ0) is 26.7. The highest BCUT2D eigenvalue weighted by molar-refractivity contribution is 14.1. The number of aryl methyl sites for hydroxylation is 1. The molecule has 1 heterocycles. The van der Waals surface area contributed by atoms with Crippen LogP contribution in [0.2, 0.25) is 0 Å². The monoisotopic (exact) mass is 632 g/mol. The van der Waals surface area contributed by atoms with E-state index in [4.69, 9.17) is 9.47 Å². The number of methoxy groups -OCH3 is 1. The lowest BCUT2D eigenvalue weighted by atomic mass is 10.2. The van der Waals surface area contributed by atoms with Gasteiger partial charge in [-0.05, 0) is 83.2 Å². The topological polar surface area (TPSA) is 146 Å². The molecule has 3 aromatic carbocycles. The van der Waals surface area contributed by atoms with Crippen molar-refractivity contribution < 1.29 is 24.1 Å². The molecule has 0 saturated carbocycles. The Balaban J connectivity index is 1.62. The van der Waals surface area contributed by atoms with Crippen molar-refractivity contribution in [2.45, 2.75) is 6.92 Å². The van der Waals surface area contributed by atoms with Crippen molar-refractivity contribution >= 4 is 68.6 Å². The number of amides is 1. The second-order valence-corrected chi connectivity index (χ2v) is 9.81. The molecule has 0 bridgehead atoms. The van der Waals surface area contributed by atoms with Crippen molar-refractivity contribution in [1.29, 1.82) is 0 Å². The van der Waals surface area contributed by atoms with Gasteiger partial charge < -0.3 is 14.8 Å². The van der Waals surface area contributed by atoms with Gasteiger partial charge in [-0.25, -0.2) is 4.99 Å². The first-order chi connectivity index (χ1) is 17.6. The van der Waals surface area contributed by atoms with Gasteiger partial charge >= 0.3 is 5.69 Å². The number of nitro groups is 2. The summed E-state index contributed by atoms with van der Waals surface area (Å²) in [7, 11) is 1.41. The number of hydrogen-bond donors (Lipinski definition) is 1. The molecule has 0 aromatic heterocycles. The zero-order valence-electron chi connectivity index (χ0n) is 19.3. The van der Waals surface area contributed by atoms with Crippen LogP contribution in [0.1, 0.15) is 11.1 Å².